The Morgan fingerprint density at radius 1 is 0.926 bits per heavy atom. The van der Waals surface area contributed by atoms with Crippen molar-refractivity contribution in [2.75, 3.05) is 13.1 Å². The van der Waals surface area contributed by atoms with Crippen molar-refractivity contribution >= 4 is 15.9 Å². The predicted octanol–water partition coefficient (Wildman–Crippen LogP) is 3.28. The summed E-state index contributed by atoms with van der Waals surface area (Å²) in [5.41, 5.74) is 1.14. The Balaban J connectivity index is 1.58. The van der Waals surface area contributed by atoms with Gasteiger partial charge in [0, 0.05) is 18.7 Å². The van der Waals surface area contributed by atoms with Crippen molar-refractivity contribution < 1.29 is 13.2 Å². The minimum absolute atomic E-state index is 0.194. The molecule has 0 atom stereocenters. The molecule has 1 saturated carbocycles. The second kappa shape index (κ2) is 7.09. The average molecular weight is 385 g/mol. The first-order chi connectivity index (χ1) is 13.0. The van der Waals surface area contributed by atoms with Gasteiger partial charge in [0.05, 0.1) is 10.4 Å². The summed E-state index contributed by atoms with van der Waals surface area (Å²) in [6.07, 6.45) is 4.64. The molecule has 142 valence electrons. The zero-order chi connectivity index (χ0) is 18.9. The lowest BCUT2D eigenvalue weighted by atomic mass is 9.71. The zero-order valence-electron chi connectivity index (χ0n) is 15.2. The van der Waals surface area contributed by atoms with Gasteiger partial charge in [-0.05, 0) is 55.9 Å². The molecule has 6 heteroatoms. The van der Waals surface area contributed by atoms with Crippen LogP contribution in [0.2, 0.25) is 0 Å². The quantitative estimate of drug-likeness (QED) is 0.860. The lowest BCUT2D eigenvalue weighted by Gasteiger charge is -2.43. The minimum atomic E-state index is -3.53. The number of hydrogen-bond donors (Lipinski definition) is 1. The molecule has 0 aromatic heterocycles. The summed E-state index contributed by atoms with van der Waals surface area (Å²) >= 11 is 0. The molecule has 2 aromatic carbocycles. The molecule has 1 N–H and O–H groups in total. The Bertz CT molecular complexity index is 931. The van der Waals surface area contributed by atoms with Crippen LogP contribution in [0.15, 0.2) is 59.5 Å². The topological polar surface area (TPSA) is 66.5 Å². The maximum Gasteiger partial charge on any atom is 0.252 e. The Labute approximate surface area is 160 Å². The van der Waals surface area contributed by atoms with E-state index in [0.717, 1.165) is 37.7 Å². The summed E-state index contributed by atoms with van der Waals surface area (Å²) in [6, 6.07) is 16.4. The zero-order valence-corrected chi connectivity index (χ0v) is 16.0. The highest BCUT2D eigenvalue weighted by Gasteiger charge is 2.40. The van der Waals surface area contributed by atoms with Gasteiger partial charge in [-0.3, -0.25) is 4.79 Å². The van der Waals surface area contributed by atoms with Gasteiger partial charge >= 0.3 is 0 Å². The number of sulfonamides is 1. The van der Waals surface area contributed by atoms with Crippen LogP contribution in [0.5, 0.6) is 0 Å². The molecule has 0 bridgehead atoms. The molecule has 1 aliphatic heterocycles. The fraction of sp³-hybridized carbons (Fsp3) is 0.381. The van der Waals surface area contributed by atoms with Crippen molar-refractivity contribution in [2.45, 2.75) is 42.5 Å². The Kier molecular flexibility index (Phi) is 4.78. The summed E-state index contributed by atoms with van der Waals surface area (Å²) in [5, 5.41) is 3.16. The van der Waals surface area contributed by atoms with E-state index in [1.54, 1.807) is 18.2 Å². The maximum atomic E-state index is 12.9. The molecule has 2 aromatic rings. The van der Waals surface area contributed by atoms with Crippen LogP contribution in [-0.2, 0) is 15.6 Å². The van der Waals surface area contributed by atoms with Gasteiger partial charge in [0.1, 0.15) is 0 Å². The van der Waals surface area contributed by atoms with Crippen LogP contribution in [0, 0.1) is 0 Å². The summed E-state index contributed by atoms with van der Waals surface area (Å²) in [4.78, 5) is 13.1. The summed E-state index contributed by atoms with van der Waals surface area (Å²) in [7, 11) is -3.53. The van der Waals surface area contributed by atoms with E-state index in [9.17, 15) is 13.2 Å². The number of nitrogens with zero attached hydrogens (tertiary/aromatic N) is 1. The van der Waals surface area contributed by atoms with Gasteiger partial charge in [-0.1, -0.05) is 36.4 Å². The molecule has 1 saturated heterocycles. The molecule has 1 amide bonds. The van der Waals surface area contributed by atoms with E-state index in [-0.39, 0.29) is 16.3 Å². The van der Waals surface area contributed by atoms with Crippen LogP contribution in [-0.4, -0.2) is 31.7 Å². The van der Waals surface area contributed by atoms with E-state index in [2.05, 4.69) is 5.32 Å². The smallest absolute Gasteiger partial charge is 0.252 e. The number of carbonyl (C=O) groups is 1. The first kappa shape index (κ1) is 18.2. The summed E-state index contributed by atoms with van der Waals surface area (Å²) < 4.78 is 27.1. The Morgan fingerprint density at radius 3 is 2.26 bits per heavy atom. The lowest BCUT2D eigenvalue weighted by molar-refractivity contribution is 0.0823. The van der Waals surface area contributed by atoms with E-state index in [1.807, 2.05) is 30.3 Å². The van der Waals surface area contributed by atoms with Gasteiger partial charge in [-0.15, -0.1) is 0 Å². The van der Waals surface area contributed by atoms with Gasteiger partial charge in [0.15, 0.2) is 0 Å². The first-order valence-corrected chi connectivity index (χ1v) is 10.9. The van der Waals surface area contributed by atoms with Crippen molar-refractivity contribution in [1.29, 1.82) is 0 Å². The second-order valence-electron chi connectivity index (χ2n) is 7.39. The van der Waals surface area contributed by atoms with Crippen LogP contribution >= 0.6 is 0 Å². The highest BCUT2D eigenvalue weighted by atomic mass is 32.2. The average Bonchev–Trinajstić information content (AvgIpc) is 3.21. The van der Waals surface area contributed by atoms with Gasteiger partial charge in [-0.25, -0.2) is 8.42 Å². The van der Waals surface area contributed by atoms with Crippen LogP contribution in [0.3, 0.4) is 0 Å². The molecule has 0 unspecified atom stereocenters. The standard InChI is InChI=1S/C21H24N2O3S/c24-20(22-21(12-7-13-21)18-9-2-1-3-10-18)17-8-6-11-19(16-17)27(25,26)23-14-4-5-15-23/h1-3,6,8-11,16H,4-5,7,12-15H2,(H,22,24). The molecule has 4 rings (SSSR count). The fourth-order valence-corrected chi connectivity index (χ4v) is 5.50. The highest BCUT2D eigenvalue weighted by Crippen LogP contribution is 2.41. The van der Waals surface area contributed by atoms with Crippen molar-refractivity contribution in [3.05, 3.63) is 65.7 Å². The van der Waals surface area contributed by atoms with E-state index >= 15 is 0 Å². The van der Waals surface area contributed by atoms with E-state index < -0.39 is 10.0 Å². The molecule has 1 heterocycles. The number of amides is 1. The summed E-state index contributed by atoms with van der Waals surface area (Å²) in [5.74, 6) is -0.225. The predicted molar refractivity (Wildman–Crippen MR) is 104 cm³/mol. The highest BCUT2D eigenvalue weighted by molar-refractivity contribution is 7.89. The molecule has 0 radical (unpaired) electrons. The molecular formula is C21H24N2O3S. The number of carbonyl (C=O) groups excluding carboxylic acids is 1. The molecule has 1 aliphatic carbocycles. The molecule has 0 spiro atoms. The van der Waals surface area contributed by atoms with Gasteiger partial charge in [0.25, 0.3) is 5.91 Å². The third kappa shape index (κ3) is 3.39. The Morgan fingerprint density at radius 2 is 1.63 bits per heavy atom. The van der Waals surface area contributed by atoms with Gasteiger partial charge in [-0.2, -0.15) is 4.31 Å². The summed E-state index contributed by atoms with van der Waals surface area (Å²) in [6.45, 7) is 1.10. The van der Waals surface area contributed by atoms with Crippen LogP contribution < -0.4 is 5.32 Å². The van der Waals surface area contributed by atoms with Crippen molar-refractivity contribution in [2.24, 2.45) is 0 Å². The number of rotatable bonds is 5. The van der Waals surface area contributed by atoms with Gasteiger partial charge < -0.3 is 5.32 Å². The number of benzene rings is 2. The van der Waals surface area contributed by atoms with Crippen LogP contribution in [0.4, 0.5) is 0 Å². The second-order valence-corrected chi connectivity index (χ2v) is 9.33. The molecule has 27 heavy (non-hydrogen) atoms. The molecule has 2 aliphatic rings. The third-order valence-corrected chi connectivity index (χ3v) is 7.58. The molecule has 5 nitrogen and oxygen atoms in total. The largest absolute Gasteiger partial charge is 0.343 e. The molecular weight excluding hydrogens is 360 g/mol. The maximum absolute atomic E-state index is 12.9. The molecule has 2 fully saturated rings. The number of nitrogens with one attached hydrogen (secondary N) is 1. The van der Waals surface area contributed by atoms with Crippen LogP contribution in [0.25, 0.3) is 0 Å². The van der Waals surface area contributed by atoms with E-state index in [4.69, 9.17) is 0 Å². The van der Waals surface area contributed by atoms with Crippen molar-refractivity contribution in [1.82, 2.24) is 9.62 Å². The third-order valence-electron chi connectivity index (χ3n) is 5.69. The minimum Gasteiger partial charge on any atom is -0.343 e. The SMILES string of the molecule is O=C(NC1(c2ccccc2)CCC1)c1cccc(S(=O)(=O)N2CCCC2)c1. The van der Waals surface area contributed by atoms with E-state index in [1.165, 1.54) is 10.4 Å². The first-order valence-electron chi connectivity index (χ1n) is 9.50. The lowest BCUT2D eigenvalue weighted by Crippen LogP contribution is -2.50. The number of hydrogen-bond acceptors (Lipinski definition) is 3. The van der Waals surface area contributed by atoms with Crippen LogP contribution in [0.1, 0.15) is 48.0 Å². The Hall–Kier alpha value is -2.18. The van der Waals surface area contributed by atoms with Crippen molar-refractivity contribution in [3.8, 4) is 0 Å². The van der Waals surface area contributed by atoms with E-state index in [0.29, 0.717) is 18.7 Å². The van der Waals surface area contributed by atoms with Gasteiger partial charge in [0.2, 0.25) is 10.0 Å². The normalized spacial score (nSPS) is 19.4. The monoisotopic (exact) mass is 384 g/mol. The van der Waals surface area contributed by atoms with Crippen molar-refractivity contribution in [3.63, 3.8) is 0 Å². The fourth-order valence-electron chi connectivity index (χ4n) is 3.94.